The lowest BCUT2D eigenvalue weighted by Crippen LogP contribution is -2.44. The highest BCUT2D eigenvalue weighted by atomic mass is 35.5. The number of hydrogen-bond donors (Lipinski definition) is 1. The smallest absolute Gasteiger partial charge is 0.224 e. The van der Waals surface area contributed by atoms with Gasteiger partial charge in [-0.2, -0.15) is 11.8 Å². The average molecular weight is 384 g/mol. The molecular formula is C16H31Cl2N3OS. The predicted molar refractivity (Wildman–Crippen MR) is 103 cm³/mol. The zero-order chi connectivity index (χ0) is 14.5. The van der Waals surface area contributed by atoms with E-state index in [1.165, 1.54) is 38.0 Å². The van der Waals surface area contributed by atoms with Crippen LogP contribution in [-0.2, 0) is 4.79 Å². The summed E-state index contributed by atoms with van der Waals surface area (Å²) in [5, 5.41) is 3.48. The first-order chi connectivity index (χ1) is 10.3. The van der Waals surface area contributed by atoms with Gasteiger partial charge < -0.3 is 10.2 Å². The van der Waals surface area contributed by atoms with Crippen molar-refractivity contribution >= 4 is 42.5 Å². The van der Waals surface area contributed by atoms with Crippen molar-refractivity contribution < 1.29 is 4.79 Å². The summed E-state index contributed by atoms with van der Waals surface area (Å²) >= 11 is 1.97. The second kappa shape index (κ2) is 11.0. The molecule has 2 aliphatic heterocycles. The number of carbonyl (C=O) groups is 1. The standard InChI is InChI=1S/C16H29N3OS.2ClH/c20-16(12-14-13-21-11-6-17-14)19-8-3-7-18(9-10-19)15-4-1-2-5-15;;/h14-15,17H,1-13H2;2*1H. The van der Waals surface area contributed by atoms with E-state index >= 15 is 0 Å². The summed E-state index contributed by atoms with van der Waals surface area (Å²) in [7, 11) is 0. The van der Waals surface area contributed by atoms with E-state index < -0.39 is 0 Å². The van der Waals surface area contributed by atoms with Crippen LogP contribution in [0.2, 0.25) is 0 Å². The van der Waals surface area contributed by atoms with Gasteiger partial charge in [0.1, 0.15) is 0 Å². The number of hydrogen-bond acceptors (Lipinski definition) is 4. The number of amides is 1. The van der Waals surface area contributed by atoms with Gasteiger partial charge >= 0.3 is 0 Å². The molecule has 2 saturated heterocycles. The Morgan fingerprint density at radius 2 is 1.83 bits per heavy atom. The minimum Gasteiger partial charge on any atom is -0.341 e. The van der Waals surface area contributed by atoms with E-state index in [1.807, 2.05) is 11.8 Å². The molecule has 0 bridgehead atoms. The number of halogens is 2. The van der Waals surface area contributed by atoms with Gasteiger partial charge in [-0.1, -0.05) is 12.8 Å². The number of rotatable bonds is 3. The summed E-state index contributed by atoms with van der Waals surface area (Å²) in [5.74, 6) is 2.64. The summed E-state index contributed by atoms with van der Waals surface area (Å²) in [6.07, 6.45) is 7.38. The zero-order valence-corrected chi connectivity index (χ0v) is 16.3. The third-order valence-corrected chi connectivity index (χ3v) is 6.27. The van der Waals surface area contributed by atoms with Crippen molar-refractivity contribution in [3.63, 3.8) is 0 Å². The van der Waals surface area contributed by atoms with Crippen molar-refractivity contribution in [1.82, 2.24) is 15.1 Å². The highest BCUT2D eigenvalue weighted by Gasteiger charge is 2.27. The van der Waals surface area contributed by atoms with Crippen LogP contribution in [0.3, 0.4) is 0 Å². The summed E-state index contributed by atoms with van der Waals surface area (Å²) in [6.45, 7) is 5.23. The first-order valence-electron chi connectivity index (χ1n) is 8.66. The molecule has 136 valence electrons. The van der Waals surface area contributed by atoms with Gasteiger partial charge in [-0.25, -0.2) is 0 Å². The van der Waals surface area contributed by atoms with Crippen molar-refractivity contribution in [2.75, 3.05) is 44.2 Å². The van der Waals surface area contributed by atoms with E-state index in [9.17, 15) is 4.79 Å². The van der Waals surface area contributed by atoms with Crippen LogP contribution in [0.25, 0.3) is 0 Å². The Kier molecular flexibility index (Phi) is 10.3. The average Bonchev–Trinajstić information content (AvgIpc) is 2.93. The zero-order valence-electron chi connectivity index (χ0n) is 13.9. The Morgan fingerprint density at radius 1 is 1.04 bits per heavy atom. The first-order valence-corrected chi connectivity index (χ1v) is 9.81. The first kappa shape index (κ1) is 21.4. The second-order valence-electron chi connectivity index (χ2n) is 6.64. The van der Waals surface area contributed by atoms with E-state index in [-0.39, 0.29) is 24.8 Å². The van der Waals surface area contributed by atoms with Crippen LogP contribution >= 0.6 is 36.6 Å². The molecular weight excluding hydrogens is 353 g/mol. The summed E-state index contributed by atoms with van der Waals surface area (Å²) < 4.78 is 0. The molecule has 0 spiro atoms. The maximum absolute atomic E-state index is 12.5. The quantitative estimate of drug-likeness (QED) is 0.811. The lowest BCUT2D eigenvalue weighted by molar-refractivity contribution is -0.131. The fraction of sp³-hybridized carbons (Fsp3) is 0.938. The van der Waals surface area contributed by atoms with Gasteiger partial charge in [0, 0.05) is 62.7 Å². The van der Waals surface area contributed by atoms with Gasteiger partial charge in [-0.05, 0) is 19.3 Å². The van der Waals surface area contributed by atoms with Crippen LogP contribution in [0.15, 0.2) is 0 Å². The van der Waals surface area contributed by atoms with Crippen LogP contribution in [0, 0.1) is 0 Å². The molecule has 1 saturated carbocycles. The van der Waals surface area contributed by atoms with E-state index in [0.717, 1.165) is 44.4 Å². The van der Waals surface area contributed by atoms with Gasteiger partial charge in [0.2, 0.25) is 5.91 Å². The molecule has 1 N–H and O–H groups in total. The third-order valence-electron chi connectivity index (χ3n) is 5.14. The van der Waals surface area contributed by atoms with E-state index in [1.54, 1.807) is 0 Å². The van der Waals surface area contributed by atoms with Crippen LogP contribution in [0.1, 0.15) is 38.5 Å². The summed E-state index contributed by atoms with van der Waals surface area (Å²) in [6, 6.07) is 1.20. The Bertz CT molecular complexity index is 350. The van der Waals surface area contributed by atoms with E-state index in [4.69, 9.17) is 0 Å². The highest BCUT2D eigenvalue weighted by Crippen LogP contribution is 2.24. The predicted octanol–water partition coefficient (Wildman–Crippen LogP) is 2.40. The van der Waals surface area contributed by atoms with Crippen molar-refractivity contribution in [1.29, 1.82) is 0 Å². The Labute approximate surface area is 157 Å². The third kappa shape index (κ3) is 6.28. The molecule has 23 heavy (non-hydrogen) atoms. The molecule has 7 heteroatoms. The molecule has 3 rings (SSSR count). The molecule has 2 heterocycles. The van der Waals surface area contributed by atoms with Gasteiger partial charge in [0.25, 0.3) is 0 Å². The lowest BCUT2D eigenvalue weighted by atomic mass is 10.2. The molecule has 1 amide bonds. The molecule has 1 atom stereocenters. The Hall–Kier alpha value is 0.320. The largest absolute Gasteiger partial charge is 0.341 e. The number of nitrogens with zero attached hydrogens (tertiary/aromatic N) is 2. The molecule has 1 unspecified atom stereocenters. The molecule has 3 aliphatic rings. The van der Waals surface area contributed by atoms with Crippen molar-refractivity contribution in [2.24, 2.45) is 0 Å². The van der Waals surface area contributed by atoms with Crippen molar-refractivity contribution in [3.05, 3.63) is 0 Å². The SMILES string of the molecule is Cl.Cl.O=C(CC1CSCCN1)N1CCCN(C2CCCC2)CC1. The number of thioether (sulfide) groups is 1. The fourth-order valence-electron chi connectivity index (χ4n) is 3.91. The highest BCUT2D eigenvalue weighted by molar-refractivity contribution is 7.99. The fourth-order valence-corrected chi connectivity index (χ4v) is 4.86. The Balaban J connectivity index is 0.00000132. The lowest BCUT2D eigenvalue weighted by Gasteiger charge is -2.28. The summed E-state index contributed by atoms with van der Waals surface area (Å²) in [4.78, 5) is 17.3. The minimum atomic E-state index is 0. The molecule has 1 aliphatic carbocycles. The molecule has 3 fully saturated rings. The maximum atomic E-state index is 12.5. The number of carbonyl (C=O) groups excluding carboxylic acids is 1. The molecule has 4 nitrogen and oxygen atoms in total. The van der Waals surface area contributed by atoms with Crippen LogP contribution in [0.5, 0.6) is 0 Å². The topological polar surface area (TPSA) is 35.6 Å². The van der Waals surface area contributed by atoms with Gasteiger partial charge in [-0.15, -0.1) is 24.8 Å². The minimum absolute atomic E-state index is 0. The molecule has 0 aromatic carbocycles. The normalized spacial score (nSPS) is 27.0. The van der Waals surface area contributed by atoms with Crippen molar-refractivity contribution in [2.45, 2.75) is 50.6 Å². The number of nitrogens with one attached hydrogen (secondary N) is 1. The molecule has 0 aromatic rings. The van der Waals surface area contributed by atoms with E-state index in [2.05, 4.69) is 15.1 Å². The maximum Gasteiger partial charge on any atom is 0.224 e. The van der Waals surface area contributed by atoms with Crippen LogP contribution < -0.4 is 5.32 Å². The van der Waals surface area contributed by atoms with Crippen LogP contribution in [-0.4, -0.2) is 72.0 Å². The van der Waals surface area contributed by atoms with Gasteiger partial charge in [0.05, 0.1) is 0 Å². The monoisotopic (exact) mass is 383 g/mol. The molecule has 0 radical (unpaired) electrons. The van der Waals surface area contributed by atoms with Gasteiger partial charge in [-0.3, -0.25) is 9.69 Å². The van der Waals surface area contributed by atoms with Crippen LogP contribution in [0.4, 0.5) is 0 Å². The van der Waals surface area contributed by atoms with Crippen molar-refractivity contribution in [3.8, 4) is 0 Å². The summed E-state index contributed by atoms with van der Waals surface area (Å²) in [5.41, 5.74) is 0. The molecule has 0 aromatic heterocycles. The Morgan fingerprint density at radius 3 is 2.52 bits per heavy atom. The van der Waals surface area contributed by atoms with Gasteiger partial charge in [0.15, 0.2) is 0 Å². The van der Waals surface area contributed by atoms with E-state index in [0.29, 0.717) is 18.4 Å². The second-order valence-corrected chi connectivity index (χ2v) is 7.79.